The van der Waals surface area contributed by atoms with Gasteiger partial charge in [-0.15, -0.1) is 0 Å². The Morgan fingerprint density at radius 3 is 2.87 bits per heavy atom. The Morgan fingerprint density at radius 2 is 2.33 bits per heavy atom. The van der Waals surface area contributed by atoms with E-state index in [9.17, 15) is 4.79 Å². The van der Waals surface area contributed by atoms with E-state index in [4.69, 9.17) is 10.5 Å². The molecule has 1 saturated heterocycles. The van der Waals surface area contributed by atoms with Gasteiger partial charge in [0.15, 0.2) is 0 Å². The van der Waals surface area contributed by atoms with Crippen molar-refractivity contribution in [1.82, 2.24) is 5.32 Å². The summed E-state index contributed by atoms with van der Waals surface area (Å²) in [5.41, 5.74) is 5.73. The van der Waals surface area contributed by atoms with E-state index in [-0.39, 0.29) is 11.8 Å². The van der Waals surface area contributed by atoms with Crippen LogP contribution in [-0.4, -0.2) is 31.7 Å². The number of ether oxygens (including phenoxy) is 1. The highest BCUT2D eigenvalue weighted by Crippen LogP contribution is 2.12. The lowest BCUT2D eigenvalue weighted by molar-refractivity contribution is -0.123. The fourth-order valence-electron chi connectivity index (χ4n) is 1.63. The predicted molar refractivity (Wildman–Crippen MR) is 59.4 cm³/mol. The number of carbonyl (C=O) groups is 1. The van der Waals surface area contributed by atoms with E-state index in [0.717, 1.165) is 26.1 Å². The summed E-state index contributed by atoms with van der Waals surface area (Å²) in [5, 5.41) is 2.89. The van der Waals surface area contributed by atoms with Crippen molar-refractivity contribution >= 4 is 5.91 Å². The minimum absolute atomic E-state index is 0.0458. The largest absolute Gasteiger partial charge is 0.381 e. The topological polar surface area (TPSA) is 64.4 Å². The molecule has 0 aromatic rings. The number of hydrogen-bond donors (Lipinski definition) is 2. The lowest BCUT2D eigenvalue weighted by Crippen LogP contribution is -2.46. The lowest BCUT2D eigenvalue weighted by Gasteiger charge is -2.23. The zero-order chi connectivity index (χ0) is 11.3. The molecule has 0 aromatic carbocycles. The number of carbonyl (C=O) groups excluding carboxylic acids is 1. The second-order valence-corrected chi connectivity index (χ2v) is 4.60. The van der Waals surface area contributed by atoms with Crippen LogP contribution in [0.5, 0.6) is 0 Å². The highest BCUT2D eigenvalue weighted by molar-refractivity contribution is 5.81. The first kappa shape index (κ1) is 12.5. The average molecular weight is 214 g/mol. The predicted octanol–water partition coefficient (Wildman–Crippen LogP) is 0.513. The number of amides is 1. The van der Waals surface area contributed by atoms with Crippen LogP contribution in [0.4, 0.5) is 0 Å². The molecule has 88 valence electrons. The Bertz CT molecular complexity index is 201. The maximum Gasteiger partial charge on any atom is 0.237 e. The van der Waals surface area contributed by atoms with Crippen LogP contribution in [0, 0.1) is 11.8 Å². The van der Waals surface area contributed by atoms with Gasteiger partial charge < -0.3 is 15.8 Å². The highest BCUT2D eigenvalue weighted by Gasteiger charge is 2.19. The van der Waals surface area contributed by atoms with E-state index >= 15 is 0 Å². The molecular weight excluding hydrogens is 192 g/mol. The SMILES string of the molecule is CC(C)C(N)C(=O)NCC1CCCOC1. The second kappa shape index (κ2) is 6.08. The first-order valence-corrected chi connectivity index (χ1v) is 5.72. The molecule has 4 nitrogen and oxygen atoms in total. The Hall–Kier alpha value is -0.610. The fraction of sp³-hybridized carbons (Fsp3) is 0.909. The Kier molecular flexibility index (Phi) is 5.05. The molecule has 2 atom stereocenters. The van der Waals surface area contributed by atoms with Gasteiger partial charge in [0.2, 0.25) is 5.91 Å². The molecule has 4 heteroatoms. The van der Waals surface area contributed by atoms with Crippen molar-refractivity contribution in [2.45, 2.75) is 32.7 Å². The van der Waals surface area contributed by atoms with Crippen LogP contribution in [0.25, 0.3) is 0 Å². The van der Waals surface area contributed by atoms with Crippen LogP contribution in [0.2, 0.25) is 0 Å². The first-order valence-electron chi connectivity index (χ1n) is 5.72. The van der Waals surface area contributed by atoms with E-state index in [1.54, 1.807) is 0 Å². The molecule has 1 fully saturated rings. The summed E-state index contributed by atoms with van der Waals surface area (Å²) in [6.07, 6.45) is 2.23. The van der Waals surface area contributed by atoms with Crippen LogP contribution in [0.3, 0.4) is 0 Å². The van der Waals surface area contributed by atoms with Gasteiger partial charge in [0, 0.05) is 13.2 Å². The third-order valence-electron chi connectivity index (χ3n) is 2.84. The molecule has 3 N–H and O–H groups in total. The third-order valence-corrected chi connectivity index (χ3v) is 2.84. The van der Waals surface area contributed by atoms with Gasteiger partial charge in [0.25, 0.3) is 0 Å². The summed E-state index contributed by atoms with van der Waals surface area (Å²) < 4.78 is 5.34. The maximum absolute atomic E-state index is 11.6. The van der Waals surface area contributed by atoms with Gasteiger partial charge in [-0.3, -0.25) is 4.79 Å². The molecule has 0 aromatic heterocycles. The third kappa shape index (κ3) is 4.18. The van der Waals surface area contributed by atoms with Crippen LogP contribution in [0.1, 0.15) is 26.7 Å². The molecule has 1 rings (SSSR count). The average Bonchev–Trinajstić information content (AvgIpc) is 2.26. The Labute approximate surface area is 91.5 Å². The van der Waals surface area contributed by atoms with Crippen LogP contribution < -0.4 is 11.1 Å². The maximum atomic E-state index is 11.6. The molecule has 1 aliphatic heterocycles. The van der Waals surface area contributed by atoms with Crippen LogP contribution >= 0.6 is 0 Å². The summed E-state index contributed by atoms with van der Waals surface area (Å²) in [6, 6.07) is -0.394. The molecule has 15 heavy (non-hydrogen) atoms. The molecule has 1 aliphatic rings. The van der Waals surface area contributed by atoms with E-state index < -0.39 is 6.04 Å². The normalized spacial score (nSPS) is 23.9. The number of nitrogens with one attached hydrogen (secondary N) is 1. The molecule has 0 saturated carbocycles. The van der Waals surface area contributed by atoms with Crippen molar-refractivity contribution < 1.29 is 9.53 Å². The quantitative estimate of drug-likeness (QED) is 0.717. The van der Waals surface area contributed by atoms with Crippen molar-refractivity contribution in [3.8, 4) is 0 Å². The first-order chi connectivity index (χ1) is 7.11. The van der Waals surface area contributed by atoms with Gasteiger partial charge in [-0.2, -0.15) is 0 Å². The second-order valence-electron chi connectivity index (χ2n) is 4.60. The van der Waals surface area contributed by atoms with E-state index in [2.05, 4.69) is 5.32 Å². The van der Waals surface area contributed by atoms with E-state index in [1.807, 2.05) is 13.8 Å². The summed E-state index contributed by atoms with van der Waals surface area (Å²) in [4.78, 5) is 11.6. The van der Waals surface area contributed by atoms with Crippen molar-refractivity contribution in [3.63, 3.8) is 0 Å². The van der Waals surface area contributed by atoms with Crippen LogP contribution in [0.15, 0.2) is 0 Å². The van der Waals surface area contributed by atoms with Gasteiger partial charge in [-0.1, -0.05) is 13.8 Å². The van der Waals surface area contributed by atoms with Gasteiger partial charge in [-0.05, 0) is 24.7 Å². The molecule has 2 unspecified atom stereocenters. The molecular formula is C11H22N2O2. The van der Waals surface area contributed by atoms with Gasteiger partial charge >= 0.3 is 0 Å². The van der Waals surface area contributed by atoms with Crippen molar-refractivity contribution in [2.24, 2.45) is 17.6 Å². The molecule has 1 heterocycles. The van der Waals surface area contributed by atoms with Gasteiger partial charge in [0.05, 0.1) is 12.6 Å². The van der Waals surface area contributed by atoms with Crippen molar-refractivity contribution in [2.75, 3.05) is 19.8 Å². The molecule has 1 amide bonds. The standard InChI is InChI=1S/C11H22N2O2/c1-8(2)10(12)11(14)13-6-9-4-3-5-15-7-9/h8-10H,3-7,12H2,1-2H3,(H,13,14). The summed E-state index contributed by atoms with van der Waals surface area (Å²) in [5.74, 6) is 0.602. The summed E-state index contributed by atoms with van der Waals surface area (Å²) in [6.45, 7) is 6.22. The van der Waals surface area contributed by atoms with Crippen molar-refractivity contribution in [3.05, 3.63) is 0 Å². The van der Waals surface area contributed by atoms with E-state index in [0.29, 0.717) is 12.5 Å². The highest BCUT2D eigenvalue weighted by atomic mass is 16.5. The smallest absolute Gasteiger partial charge is 0.237 e. The summed E-state index contributed by atoms with van der Waals surface area (Å²) in [7, 11) is 0. The Morgan fingerprint density at radius 1 is 1.60 bits per heavy atom. The van der Waals surface area contributed by atoms with Gasteiger partial charge in [-0.25, -0.2) is 0 Å². The monoisotopic (exact) mass is 214 g/mol. The minimum Gasteiger partial charge on any atom is -0.381 e. The minimum atomic E-state index is -0.394. The zero-order valence-corrected chi connectivity index (χ0v) is 9.66. The molecule has 0 spiro atoms. The lowest BCUT2D eigenvalue weighted by atomic mass is 10.0. The number of nitrogens with two attached hydrogens (primary N) is 1. The fourth-order valence-corrected chi connectivity index (χ4v) is 1.63. The molecule has 0 bridgehead atoms. The van der Waals surface area contributed by atoms with Crippen molar-refractivity contribution in [1.29, 1.82) is 0 Å². The Balaban J connectivity index is 2.20. The zero-order valence-electron chi connectivity index (χ0n) is 9.66. The molecule has 0 aliphatic carbocycles. The number of rotatable bonds is 4. The summed E-state index contributed by atoms with van der Waals surface area (Å²) >= 11 is 0. The van der Waals surface area contributed by atoms with E-state index in [1.165, 1.54) is 0 Å². The molecule has 0 radical (unpaired) electrons. The van der Waals surface area contributed by atoms with Crippen LogP contribution in [-0.2, 0) is 9.53 Å². The number of hydrogen-bond acceptors (Lipinski definition) is 3. The van der Waals surface area contributed by atoms with Gasteiger partial charge in [0.1, 0.15) is 0 Å².